The van der Waals surface area contributed by atoms with Crippen molar-refractivity contribution in [2.75, 3.05) is 6.54 Å². The average Bonchev–Trinajstić information content (AvgIpc) is 2.54. The maximum Gasteiger partial charge on any atom is 0.0459 e. The van der Waals surface area contributed by atoms with Crippen molar-refractivity contribution in [3.05, 3.63) is 35.5 Å². The lowest BCUT2D eigenvalue weighted by Crippen LogP contribution is -2.15. The van der Waals surface area contributed by atoms with E-state index in [0.717, 1.165) is 17.6 Å². The van der Waals surface area contributed by atoms with E-state index in [1.165, 1.54) is 10.9 Å². The van der Waals surface area contributed by atoms with Crippen LogP contribution in [0.2, 0.25) is 0 Å². The summed E-state index contributed by atoms with van der Waals surface area (Å²) in [6, 6.07) is 8.27. The zero-order valence-electron chi connectivity index (χ0n) is 8.96. The molecule has 2 rings (SSSR count). The van der Waals surface area contributed by atoms with Gasteiger partial charge in [0.15, 0.2) is 0 Å². The van der Waals surface area contributed by atoms with Crippen molar-refractivity contribution in [3.63, 3.8) is 0 Å². The number of H-pyrrole nitrogens is 1. The van der Waals surface area contributed by atoms with Crippen molar-refractivity contribution < 1.29 is 0 Å². The molecule has 0 aliphatic rings. The van der Waals surface area contributed by atoms with Crippen LogP contribution in [0.5, 0.6) is 0 Å². The van der Waals surface area contributed by atoms with E-state index >= 15 is 0 Å². The highest BCUT2D eigenvalue weighted by Crippen LogP contribution is 2.27. The molecule has 1 heterocycles. The third kappa shape index (κ3) is 1.76. The number of aromatic nitrogens is 1. The second kappa shape index (κ2) is 4.04. The molecule has 1 aromatic heterocycles. The van der Waals surface area contributed by atoms with Gasteiger partial charge in [-0.2, -0.15) is 0 Å². The molecular formula is C12H17N3. The van der Waals surface area contributed by atoms with E-state index in [1.54, 1.807) is 0 Å². The first-order chi connectivity index (χ1) is 7.24. The van der Waals surface area contributed by atoms with E-state index in [-0.39, 0.29) is 6.04 Å². The molecule has 0 radical (unpaired) electrons. The van der Waals surface area contributed by atoms with Crippen LogP contribution in [-0.4, -0.2) is 11.5 Å². The predicted molar refractivity (Wildman–Crippen MR) is 63.6 cm³/mol. The Bertz CT molecular complexity index is 459. The van der Waals surface area contributed by atoms with Crippen molar-refractivity contribution in [1.82, 2.24) is 4.98 Å². The summed E-state index contributed by atoms with van der Waals surface area (Å²) >= 11 is 0. The van der Waals surface area contributed by atoms with E-state index in [4.69, 9.17) is 11.5 Å². The van der Waals surface area contributed by atoms with Crippen LogP contribution < -0.4 is 11.5 Å². The number of benzene rings is 1. The summed E-state index contributed by atoms with van der Waals surface area (Å²) in [5.41, 5.74) is 15.2. The number of aryl methyl sites for hydroxylation is 1. The van der Waals surface area contributed by atoms with Gasteiger partial charge < -0.3 is 16.5 Å². The SMILES string of the molecule is Cc1[nH]c2ccccc2c1[C@H](N)CCN. The van der Waals surface area contributed by atoms with Gasteiger partial charge in [-0.05, 0) is 31.5 Å². The predicted octanol–water partition coefficient (Wildman–Crippen LogP) is 1.82. The van der Waals surface area contributed by atoms with Crippen LogP contribution >= 0.6 is 0 Å². The van der Waals surface area contributed by atoms with Crippen LogP contribution in [0.3, 0.4) is 0 Å². The molecule has 0 bridgehead atoms. The summed E-state index contributed by atoms with van der Waals surface area (Å²) in [6.07, 6.45) is 0.822. The number of aromatic amines is 1. The van der Waals surface area contributed by atoms with Crippen molar-refractivity contribution in [1.29, 1.82) is 0 Å². The largest absolute Gasteiger partial charge is 0.358 e. The Hall–Kier alpha value is -1.32. The number of hydrogen-bond acceptors (Lipinski definition) is 2. The molecule has 3 nitrogen and oxygen atoms in total. The fourth-order valence-electron chi connectivity index (χ4n) is 2.10. The molecule has 15 heavy (non-hydrogen) atoms. The summed E-state index contributed by atoms with van der Waals surface area (Å²) < 4.78 is 0. The molecule has 1 aromatic carbocycles. The van der Waals surface area contributed by atoms with Gasteiger partial charge in [0.25, 0.3) is 0 Å². The van der Waals surface area contributed by atoms with E-state index in [1.807, 2.05) is 12.1 Å². The smallest absolute Gasteiger partial charge is 0.0459 e. The fraction of sp³-hybridized carbons (Fsp3) is 0.333. The zero-order chi connectivity index (χ0) is 10.8. The van der Waals surface area contributed by atoms with E-state index < -0.39 is 0 Å². The van der Waals surface area contributed by atoms with Gasteiger partial charge in [-0.15, -0.1) is 0 Å². The van der Waals surface area contributed by atoms with Crippen LogP contribution in [-0.2, 0) is 0 Å². The molecule has 2 aromatic rings. The maximum atomic E-state index is 6.12. The zero-order valence-corrected chi connectivity index (χ0v) is 8.96. The lowest BCUT2D eigenvalue weighted by molar-refractivity contribution is 0.662. The quantitative estimate of drug-likeness (QED) is 0.712. The van der Waals surface area contributed by atoms with Crippen LogP contribution in [0.15, 0.2) is 24.3 Å². The van der Waals surface area contributed by atoms with Gasteiger partial charge in [0.05, 0.1) is 0 Å². The maximum absolute atomic E-state index is 6.12. The number of nitrogens with one attached hydrogen (secondary N) is 1. The molecular weight excluding hydrogens is 186 g/mol. The lowest BCUT2D eigenvalue weighted by Gasteiger charge is -2.10. The van der Waals surface area contributed by atoms with Gasteiger partial charge in [-0.1, -0.05) is 18.2 Å². The minimum atomic E-state index is 0.0335. The third-order valence-corrected chi connectivity index (χ3v) is 2.79. The summed E-state index contributed by atoms with van der Waals surface area (Å²) in [5.74, 6) is 0. The Balaban J connectivity index is 2.53. The molecule has 0 saturated heterocycles. The topological polar surface area (TPSA) is 67.8 Å². The summed E-state index contributed by atoms with van der Waals surface area (Å²) in [6.45, 7) is 2.69. The minimum Gasteiger partial charge on any atom is -0.358 e. The Morgan fingerprint density at radius 3 is 2.80 bits per heavy atom. The Labute approximate surface area is 89.5 Å². The third-order valence-electron chi connectivity index (χ3n) is 2.79. The summed E-state index contributed by atoms with van der Waals surface area (Å²) in [7, 11) is 0. The first-order valence-corrected chi connectivity index (χ1v) is 5.27. The van der Waals surface area contributed by atoms with E-state index in [9.17, 15) is 0 Å². The number of hydrogen-bond donors (Lipinski definition) is 3. The lowest BCUT2D eigenvalue weighted by atomic mass is 10.0. The summed E-state index contributed by atoms with van der Waals surface area (Å²) in [4.78, 5) is 3.35. The van der Waals surface area contributed by atoms with Gasteiger partial charge in [-0.3, -0.25) is 0 Å². The highest BCUT2D eigenvalue weighted by Gasteiger charge is 2.13. The normalized spacial score (nSPS) is 13.3. The monoisotopic (exact) mass is 203 g/mol. The Morgan fingerprint density at radius 2 is 2.07 bits per heavy atom. The highest BCUT2D eigenvalue weighted by molar-refractivity contribution is 5.85. The first kappa shape index (κ1) is 10.2. The number of nitrogens with two attached hydrogens (primary N) is 2. The molecule has 0 fully saturated rings. The van der Waals surface area contributed by atoms with Gasteiger partial charge >= 0.3 is 0 Å². The standard InChI is InChI=1S/C12H17N3/c1-8-12(10(14)6-7-13)9-4-2-3-5-11(9)15-8/h2-5,10,15H,6-7,13-14H2,1H3/t10-/m1/s1. The number of para-hydroxylation sites is 1. The molecule has 0 aliphatic heterocycles. The molecule has 0 unspecified atom stereocenters. The Kier molecular flexibility index (Phi) is 2.75. The molecule has 3 heteroatoms. The molecule has 1 atom stereocenters. The van der Waals surface area contributed by atoms with Crippen molar-refractivity contribution in [2.24, 2.45) is 11.5 Å². The minimum absolute atomic E-state index is 0.0335. The van der Waals surface area contributed by atoms with Crippen LogP contribution in [0.4, 0.5) is 0 Å². The molecule has 0 aliphatic carbocycles. The van der Waals surface area contributed by atoms with E-state index in [2.05, 4.69) is 24.0 Å². The molecule has 80 valence electrons. The van der Waals surface area contributed by atoms with Crippen LogP contribution in [0.1, 0.15) is 23.7 Å². The van der Waals surface area contributed by atoms with Crippen molar-refractivity contribution in [3.8, 4) is 0 Å². The average molecular weight is 203 g/mol. The molecule has 0 spiro atoms. The van der Waals surface area contributed by atoms with Crippen molar-refractivity contribution in [2.45, 2.75) is 19.4 Å². The van der Waals surface area contributed by atoms with Crippen LogP contribution in [0, 0.1) is 6.92 Å². The van der Waals surface area contributed by atoms with Crippen LogP contribution in [0.25, 0.3) is 10.9 Å². The number of rotatable bonds is 3. The fourth-order valence-corrected chi connectivity index (χ4v) is 2.10. The second-order valence-corrected chi connectivity index (χ2v) is 3.89. The van der Waals surface area contributed by atoms with E-state index in [0.29, 0.717) is 6.54 Å². The molecule has 0 amide bonds. The molecule has 5 N–H and O–H groups in total. The van der Waals surface area contributed by atoms with Gasteiger partial charge in [0, 0.05) is 22.6 Å². The van der Waals surface area contributed by atoms with Gasteiger partial charge in [0.2, 0.25) is 0 Å². The van der Waals surface area contributed by atoms with Gasteiger partial charge in [-0.25, -0.2) is 0 Å². The second-order valence-electron chi connectivity index (χ2n) is 3.89. The first-order valence-electron chi connectivity index (χ1n) is 5.27. The highest BCUT2D eigenvalue weighted by atomic mass is 14.7. The number of fused-ring (bicyclic) bond motifs is 1. The molecule has 0 saturated carbocycles. The summed E-state index contributed by atoms with van der Waals surface area (Å²) in [5, 5.41) is 1.22. The van der Waals surface area contributed by atoms with Gasteiger partial charge in [0.1, 0.15) is 0 Å². The van der Waals surface area contributed by atoms with Crippen molar-refractivity contribution >= 4 is 10.9 Å². The Morgan fingerprint density at radius 1 is 1.33 bits per heavy atom.